The highest BCUT2D eigenvalue weighted by Gasteiger charge is 2.50. The van der Waals surface area contributed by atoms with E-state index in [2.05, 4.69) is 15.9 Å². The molecule has 0 bridgehead atoms. The van der Waals surface area contributed by atoms with Gasteiger partial charge < -0.3 is 4.74 Å². The summed E-state index contributed by atoms with van der Waals surface area (Å²) in [6, 6.07) is 12.9. The topological polar surface area (TPSA) is 80.8 Å². The van der Waals surface area contributed by atoms with Crippen molar-refractivity contribution in [2.45, 2.75) is 13.3 Å². The number of hydrogen-bond acceptors (Lipinski definition) is 5. The molecular weight excluding hydrogens is 462 g/mol. The summed E-state index contributed by atoms with van der Waals surface area (Å²) in [5.74, 6) is -2.03. The molecule has 1 saturated heterocycles. The van der Waals surface area contributed by atoms with Crippen LogP contribution in [0.3, 0.4) is 0 Å². The van der Waals surface area contributed by atoms with Crippen molar-refractivity contribution in [1.29, 1.82) is 0 Å². The molecule has 4 rings (SSSR count). The lowest BCUT2D eigenvalue weighted by Crippen LogP contribution is -2.31. The highest BCUT2D eigenvalue weighted by atomic mass is 79.9. The number of nitrogens with zero attached hydrogens (tertiary/aromatic N) is 1. The minimum absolute atomic E-state index is 0.0118. The lowest BCUT2D eigenvalue weighted by molar-refractivity contribution is -0.122. The Morgan fingerprint density at radius 1 is 1.00 bits per heavy atom. The Morgan fingerprint density at radius 3 is 2.29 bits per heavy atom. The number of Topliss-reactive ketones (excluding diaryl/α,β-unsaturated/α-hetero) is 1. The molecule has 2 amide bonds. The van der Waals surface area contributed by atoms with Crippen molar-refractivity contribution in [3.63, 3.8) is 0 Å². The largest absolute Gasteiger partial charge is 0.454 e. The van der Waals surface area contributed by atoms with Gasteiger partial charge in [0, 0.05) is 10.0 Å². The van der Waals surface area contributed by atoms with E-state index >= 15 is 0 Å². The van der Waals surface area contributed by atoms with Gasteiger partial charge in [-0.25, -0.2) is 4.79 Å². The van der Waals surface area contributed by atoms with Crippen LogP contribution in [0.15, 0.2) is 65.2 Å². The fraction of sp³-hybridized carbons (Fsp3) is 0.250. The van der Waals surface area contributed by atoms with Gasteiger partial charge in [-0.2, -0.15) is 0 Å². The summed E-state index contributed by atoms with van der Waals surface area (Å²) in [5, 5.41) is 0. The first kappa shape index (κ1) is 21.2. The summed E-state index contributed by atoms with van der Waals surface area (Å²) in [6.07, 6.45) is 4.49. The van der Waals surface area contributed by atoms with Crippen LogP contribution in [0, 0.1) is 17.8 Å². The van der Waals surface area contributed by atoms with E-state index in [4.69, 9.17) is 4.74 Å². The Kier molecular flexibility index (Phi) is 5.87. The number of rotatable bonds is 5. The van der Waals surface area contributed by atoms with Gasteiger partial charge in [-0.05, 0) is 48.7 Å². The molecule has 1 aliphatic heterocycles. The van der Waals surface area contributed by atoms with Crippen LogP contribution in [0.2, 0.25) is 0 Å². The number of carbonyl (C=O) groups excluding carboxylic acids is 4. The van der Waals surface area contributed by atoms with Crippen molar-refractivity contribution >= 4 is 45.2 Å². The molecule has 0 N–H and O–H groups in total. The van der Waals surface area contributed by atoms with Crippen molar-refractivity contribution in [2.75, 3.05) is 11.5 Å². The third-order valence-electron chi connectivity index (χ3n) is 5.73. The van der Waals surface area contributed by atoms with E-state index in [0.29, 0.717) is 17.7 Å². The van der Waals surface area contributed by atoms with Crippen molar-refractivity contribution < 1.29 is 23.9 Å². The molecule has 3 atom stereocenters. The molecule has 0 radical (unpaired) electrons. The van der Waals surface area contributed by atoms with E-state index in [9.17, 15) is 19.2 Å². The number of carbonyl (C=O) groups is 4. The number of amides is 2. The number of ketones is 1. The number of allylic oxidation sites excluding steroid dienone is 2. The number of fused-ring (bicyclic) bond motifs is 1. The van der Waals surface area contributed by atoms with Gasteiger partial charge in [-0.15, -0.1) is 0 Å². The van der Waals surface area contributed by atoms with E-state index < -0.39 is 5.97 Å². The number of hydrogen-bond donors (Lipinski definition) is 0. The molecule has 31 heavy (non-hydrogen) atoms. The Morgan fingerprint density at radius 2 is 1.65 bits per heavy atom. The van der Waals surface area contributed by atoms with Gasteiger partial charge in [0.25, 0.3) is 0 Å². The maximum atomic E-state index is 12.9. The van der Waals surface area contributed by atoms with Crippen LogP contribution in [0.1, 0.15) is 34.1 Å². The van der Waals surface area contributed by atoms with Gasteiger partial charge in [0.05, 0.1) is 23.1 Å². The van der Waals surface area contributed by atoms with E-state index in [1.54, 1.807) is 36.4 Å². The van der Waals surface area contributed by atoms with Crippen LogP contribution >= 0.6 is 15.9 Å². The van der Waals surface area contributed by atoms with Crippen molar-refractivity contribution in [3.8, 4) is 0 Å². The summed E-state index contributed by atoms with van der Waals surface area (Å²) in [7, 11) is 0. The highest BCUT2D eigenvalue weighted by Crippen LogP contribution is 2.40. The number of benzene rings is 2. The first-order valence-electron chi connectivity index (χ1n) is 9.97. The van der Waals surface area contributed by atoms with Crippen LogP contribution < -0.4 is 4.90 Å². The lowest BCUT2D eigenvalue weighted by Gasteiger charge is -2.22. The molecule has 0 spiro atoms. The predicted molar refractivity (Wildman–Crippen MR) is 118 cm³/mol. The van der Waals surface area contributed by atoms with Crippen LogP contribution in [0.25, 0.3) is 0 Å². The molecule has 2 aromatic rings. The lowest BCUT2D eigenvalue weighted by atomic mass is 9.78. The Balaban J connectivity index is 1.41. The molecule has 1 aliphatic carbocycles. The second-order valence-electron chi connectivity index (χ2n) is 7.72. The standard InChI is InChI=1S/C24H20BrNO5/c1-14-3-2-4-19-21(14)23(29)26(22(19)28)18-11-7-16(8-12-18)24(30)31-13-20(27)15-5-9-17(25)10-6-15/h2-3,5-12,14,19,21H,4,13H2,1H3. The van der Waals surface area contributed by atoms with Crippen LogP contribution in [-0.2, 0) is 14.3 Å². The SMILES string of the molecule is CC1C=CCC2C(=O)N(c3ccc(C(=O)OCC(=O)c4ccc(Br)cc4)cc3)C(=O)C12. The molecule has 1 heterocycles. The summed E-state index contributed by atoms with van der Waals surface area (Å²) < 4.78 is 5.97. The maximum absolute atomic E-state index is 12.9. The van der Waals surface area contributed by atoms with Gasteiger partial charge in [-0.3, -0.25) is 19.3 Å². The molecular formula is C24H20BrNO5. The molecule has 158 valence electrons. The summed E-state index contributed by atoms with van der Waals surface area (Å²) >= 11 is 3.30. The molecule has 3 unspecified atom stereocenters. The average molecular weight is 482 g/mol. The minimum Gasteiger partial charge on any atom is -0.454 e. The zero-order valence-corrected chi connectivity index (χ0v) is 18.4. The second-order valence-corrected chi connectivity index (χ2v) is 8.64. The summed E-state index contributed by atoms with van der Waals surface area (Å²) in [4.78, 5) is 51.3. The number of halogens is 1. The quantitative estimate of drug-likeness (QED) is 0.276. The Hall–Kier alpha value is -3.06. The molecule has 2 aliphatic rings. The first-order chi connectivity index (χ1) is 14.9. The van der Waals surface area contributed by atoms with Crippen LogP contribution in [0.5, 0.6) is 0 Å². The van der Waals surface area contributed by atoms with Crippen molar-refractivity contribution in [1.82, 2.24) is 0 Å². The van der Waals surface area contributed by atoms with Gasteiger partial charge >= 0.3 is 5.97 Å². The van der Waals surface area contributed by atoms with E-state index in [-0.39, 0.29) is 47.5 Å². The number of ether oxygens (including phenoxy) is 1. The first-order valence-corrected chi connectivity index (χ1v) is 10.8. The van der Waals surface area contributed by atoms with E-state index in [1.807, 2.05) is 19.1 Å². The highest BCUT2D eigenvalue weighted by molar-refractivity contribution is 9.10. The van der Waals surface area contributed by atoms with Crippen molar-refractivity contribution in [3.05, 3.63) is 76.3 Å². The zero-order valence-electron chi connectivity index (χ0n) is 16.8. The van der Waals surface area contributed by atoms with Crippen molar-refractivity contribution in [2.24, 2.45) is 17.8 Å². The monoisotopic (exact) mass is 481 g/mol. The predicted octanol–water partition coefficient (Wildman–Crippen LogP) is 4.19. The Labute approximate surface area is 188 Å². The molecule has 0 aromatic heterocycles. The second kappa shape index (κ2) is 8.59. The fourth-order valence-corrected chi connectivity index (χ4v) is 4.35. The zero-order chi connectivity index (χ0) is 22.1. The molecule has 1 fully saturated rings. The third-order valence-corrected chi connectivity index (χ3v) is 6.26. The maximum Gasteiger partial charge on any atom is 0.338 e. The van der Waals surface area contributed by atoms with Crippen LogP contribution in [-0.4, -0.2) is 30.2 Å². The van der Waals surface area contributed by atoms with Gasteiger partial charge in [0.2, 0.25) is 11.8 Å². The summed E-state index contributed by atoms with van der Waals surface area (Å²) in [6.45, 7) is 1.57. The van der Waals surface area contributed by atoms with Crippen LogP contribution in [0.4, 0.5) is 5.69 Å². The fourth-order valence-electron chi connectivity index (χ4n) is 4.08. The average Bonchev–Trinajstić information content (AvgIpc) is 3.03. The normalized spacial score (nSPS) is 22.4. The Bertz CT molecular complexity index is 1070. The number of imide groups is 1. The summed E-state index contributed by atoms with van der Waals surface area (Å²) in [5.41, 5.74) is 1.11. The smallest absolute Gasteiger partial charge is 0.338 e. The number of anilines is 1. The molecule has 0 saturated carbocycles. The molecule has 7 heteroatoms. The molecule has 6 nitrogen and oxygen atoms in total. The molecule has 2 aromatic carbocycles. The minimum atomic E-state index is -0.650. The van der Waals surface area contributed by atoms with Gasteiger partial charge in [-0.1, -0.05) is 47.1 Å². The number of esters is 1. The van der Waals surface area contributed by atoms with E-state index in [0.717, 1.165) is 4.47 Å². The van der Waals surface area contributed by atoms with E-state index in [1.165, 1.54) is 17.0 Å². The van der Waals surface area contributed by atoms with Gasteiger partial charge in [0.15, 0.2) is 12.4 Å². The third kappa shape index (κ3) is 4.10. The van der Waals surface area contributed by atoms with Gasteiger partial charge in [0.1, 0.15) is 0 Å².